The van der Waals surface area contributed by atoms with Crippen LogP contribution in [0.25, 0.3) is 0 Å². The van der Waals surface area contributed by atoms with Crippen molar-refractivity contribution in [2.24, 2.45) is 0 Å². The van der Waals surface area contributed by atoms with Crippen LogP contribution in [0.5, 0.6) is 5.75 Å². The summed E-state index contributed by atoms with van der Waals surface area (Å²) in [5.41, 5.74) is 1.47. The monoisotopic (exact) mass is 285 g/mol. The molecule has 0 spiro atoms. The maximum absolute atomic E-state index is 12.8. The molecule has 0 atom stereocenters. The molecule has 108 valence electrons. The SMILES string of the molecule is O=C(NC1CC1)c1cccc(OCc2ccc(F)cc2)c1. The first-order chi connectivity index (χ1) is 10.2. The number of benzene rings is 2. The maximum Gasteiger partial charge on any atom is 0.251 e. The van der Waals surface area contributed by atoms with Crippen molar-refractivity contribution < 1.29 is 13.9 Å². The summed E-state index contributed by atoms with van der Waals surface area (Å²) in [5.74, 6) is 0.296. The molecule has 2 aromatic rings. The first-order valence-electron chi connectivity index (χ1n) is 6.99. The molecule has 0 heterocycles. The number of rotatable bonds is 5. The summed E-state index contributed by atoms with van der Waals surface area (Å²) >= 11 is 0. The normalized spacial score (nSPS) is 13.8. The van der Waals surface area contributed by atoms with Crippen molar-refractivity contribution in [1.29, 1.82) is 0 Å². The average Bonchev–Trinajstić information content (AvgIpc) is 3.31. The Morgan fingerprint density at radius 2 is 1.95 bits per heavy atom. The minimum atomic E-state index is -0.266. The molecular weight excluding hydrogens is 269 g/mol. The van der Waals surface area contributed by atoms with E-state index in [9.17, 15) is 9.18 Å². The van der Waals surface area contributed by atoms with Crippen LogP contribution in [0.2, 0.25) is 0 Å². The second kappa shape index (κ2) is 5.95. The molecule has 1 aliphatic carbocycles. The van der Waals surface area contributed by atoms with Gasteiger partial charge < -0.3 is 10.1 Å². The fraction of sp³-hybridized carbons (Fsp3) is 0.235. The Morgan fingerprint density at radius 3 is 2.67 bits per heavy atom. The third-order valence-corrected chi connectivity index (χ3v) is 3.33. The lowest BCUT2D eigenvalue weighted by Gasteiger charge is -2.08. The Bertz CT molecular complexity index is 635. The zero-order chi connectivity index (χ0) is 14.7. The van der Waals surface area contributed by atoms with E-state index in [-0.39, 0.29) is 11.7 Å². The van der Waals surface area contributed by atoms with Crippen LogP contribution < -0.4 is 10.1 Å². The highest BCUT2D eigenvalue weighted by molar-refractivity contribution is 5.94. The smallest absolute Gasteiger partial charge is 0.251 e. The predicted molar refractivity (Wildman–Crippen MR) is 77.7 cm³/mol. The largest absolute Gasteiger partial charge is 0.489 e. The molecule has 3 rings (SSSR count). The number of carbonyl (C=O) groups is 1. The molecule has 4 heteroatoms. The number of hydrogen-bond donors (Lipinski definition) is 1. The lowest BCUT2D eigenvalue weighted by atomic mass is 10.2. The third kappa shape index (κ3) is 3.81. The van der Waals surface area contributed by atoms with E-state index in [4.69, 9.17) is 4.74 Å². The number of ether oxygens (including phenoxy) is 1. The summed E-state index contributed by atoms with van der Waals surface area (Å²) in [4.78, 5) is 12.0. The fourth-order valence-electron chi connectivity index (χ4n) is 1.97. The molecule has 0 bridgehead atoms. The highest BCUT2D eigenvalue weighted by Crippen LogP contribution is 2.20. The van der Waals surface area contributed by atoms with Crippen molar-refractivity contribution in [2.45, 2.75) is 25.5 Å². The van der Waals surface area contributed by atoms with Gasteiger partial charge in [-0.05, 0) is 48.7 Å². The molecule has 0 saturated heterocycles. The number of amides is 1. The van der Waals surface area contributed by atoms with Crippen LogP contribution in [-0.4, -0.2) is 11.9 Å². The number of nitrogens with one attached hydrogen (secondary N) is 1. The Labute approximate surface area is 122 Å². The lowest BCUT2D eigenvalue weighted by molar-refractivity contribution is 0.0950. The number of halogens is 1. The summed E-state index contributed by atoms with van der Waals surface area (Å²) < 4.78 is 18.5. The van der Waals surface area contributed by atoms with Gasteiger partial charge in [0.2, 0.25) is 0 Å². The van der Waals surface area contributed by atoms with Gasteiger partial charge in [0, 0.05) is 11.6 Å². The van der Waals surface area contributed by atoms with Crippen LogP contribution in [0.3, 0.4) is 0 Å². The van der Waals surface area contributed by atoms with Crippen LogP contribution in [0.15, 0.2) is 48.5 Å². The third-order valence-electron chi connectivity index (χ3n) is 3.33. The van der Waals surface area contributed by atoms with E-state index in [1.807, 2.05) is 0 Å². The minimum Gasteiger partial charge on any atom is -0.489 e. The van der Waals surface area contributed by atoms with Gasteiger partial charge in [0.05, 0.1) is 0 Å². The second-order valence-corrected chi connectivity index (χ2v) is 5.19. The highest BCUT2D eigenvalue weighted by Gasteiger charge is 2.23. The van der Waals surface area contributed by atoms with Crippen LogP contribution in [0.4, 0.5) is 4.39 Å². The van der Waals surface area contributed by atoms with Gasteiger partial charge in [-0.25, -0.2) is 4.39 Å². The van der Waals surface area contributed by atoms with E-state index < -0.39 is 0 Å². The molecule has 1 aliphatic rings. The van der Waals surface area contributed by atoms with E-state index in [1.54, 1.807) is 36.4 Å². The fourth-order valence-corrected chi connectivity index (χ4v) is 1.97. The predicted octanol–water partition coefficient (Wildman–Crippen LogP) is 3.30. The highest BCUT2D eigenvalue weighted by atomic mass is 19.1. The zero-order valence-corrected chi connectivity index (χ0v) is 11.5. The van der Waals surface area contributed by atoms with Crippen LogP contribution in [-0.2, 0) is 6.61 Å². The van der Waals surface area contributed by atoms with Crippen LogP contribution in [0, 0.1) is 5.82 Å². The van der Waals surface area contributed by atoms with E-state index in [0.717, 1.165) is 18.4 Å². The average molecular weight is 285 g/mol. The van der Waals surface area contributed by atoms with Crippen LogP contribution in [0.1, 0.15) is 28.8 Å². The topological polar surface area (TPSA) is 38.3 Å². The molecule has 1 saturated carbocycles. The minimum absolute atomic E-state index is 0.0651. The Kier molecular flexibility index (Phi) is 3.86. The summed E-state index contributed by atoms with van der Waals surface area (Å²) in [6, 6.07) is 13.6. The van der Waals surface area contributed by atoms with Gasteiger partial charge in [-0.3, -0.25) is 4.79 Å². The van der Waals surface area contributed by atoms with Gasteiger partial charge in [-0.2, -0.15) is 0 Å². The van der Waals surface area contributed by atoms with E-state index in [0.29, 0.717) is 24.0 Å². The Morgan fingerprint density at radius 1 is 1.19 bits per heavy atom. The van der Waals surface area contributed by atoms with Crippen molar-refractivity contribution in [3.8, 4) is 5.75 Å². The Hall–Kier alpha value is -2.36. The van der Waals surface area contributed by atoms with E-state index in [1.165, 1.54) is 12.1 Å². The van der Waals surface area contributed by atoms with Crippen molar-refractivity contribution in [3.05, 3.63) is 65.5 Å². The molecule has 0 radical (unpaired) electrons. The molecule has 3 nitrogen and oxygen atoms in total. The van der Waals surface area contributed by atoms with Gasteiger partial charge in [-0.15, -0.1) is 0 Å². The molecule has 0 aliphatic heterocycles. The quantitative estimate of drug-likeness (QED) is 0.915. The van der Waals surface area contributed by atoms with E-state index in [2.05, 4.69) is 5.32 Å². The van der Waals surface area contributed by atoms with Crippen molar-refractivity contribution in [2.75, 3.05) is 0 Å². The van der Waals surface area contributed by atoms with Gasteiger partial charge in [0.1, 0.15) is 18.2 Å². The molecule has 0 aromatic heterocycles. The Balaban J connectivity index is 1.62. The molecule has 21 heavy (non-hydrogen) atoms. The van der Waals surface area contributed by atoms with Crippen molar-refractivity contribution >= 4 is 5.91 Å². The second-order valence-electron chi connectivity index (χ2n) is 5.19. The molecule has 1 N–H and O–H groups in total. The number of hydrogen-bond acceptors (Lipinski definition) is 2. The summed E-state index contributed by atoms with van der Waals surface area (Å²) in [6.07, 6.45) is 2.12. The number of carbonyl (C=O) groups excluding carboxylic acids is 1. The van der Waals surface area contributed by atoms with Gasteiger partial charge >= 0.3 is 0 Å². The summed E-state index contributed by atoms with van der Waals surface area (Å²) in [6.45, 7) is 0.341. The first-order valence-corrected chi connectivity index (χ1v) is 6.99. The molecule has 2 aromatic carbocycles. The maximum atomic E-state index is 12.8. The first kappa shape index (κ1) is 13.6. The van der Waals surface area contributed by atoms with Gasteiger partial charge in [0.15, 0.2) is 0 Å². The van der Waals surface area contributed by atoms with Gasteiger partial charge in [0.25, 0.3) is 5.91 Å². The summed E-state index contributed by atoms with van der Waals surface area (Å²) in [7, 11) is 0. The summed E-state index contributed by atoms with van der Waals surface area (Å²) in [5, 5.41) is 2.94. The van der Waals surface area contributed by atoms with Crippen molar-refractivity contribution in [1.82, 2.24) is 5.32 Å². The van der Waals surface area contributed by atoms with Gasteiger partial charge in [-0.1, -0.05) is 18.2 Å². The molecule has 0 unspecified atom stereocenters. The zero-order valence-electron chi connectivity index (χ0n) is 11.5. The lowest BCUT2D eigenvalue weighted by Crippen LogP contribution is -2.25. The molecular formula is C17H16FNO2. The standard InChI is InChI=1S/C17H16FNO2/c18-14-6-4-12(5-7-14)11-21-16-3-1-2-13(10-16)17(20)19-15-8-9-15/h1-7,10,15H,8-9,11H2,(H,19,20). The van der Waals surface area contributed by atoms with E-state index >= 15 is 0 Å². The van der Waals surface area contributed by atoms with Crippen LogP contribution >= 0.6 is 0 Å². The molecule has 1 amide bonds. The van der Waals surface area contributed by atoms with Crippen molar-refractivity contribution in [3.63, 3.8) is 0 Å². The molecule has 1 fully saturated rings.